The Morgan fingerprint density at radius 2 is 2.17 bits per heavy atom. The van der Waals surface area contributed by atoms with E-state index in [9.17, 15) is 19.5 Å². The molecule has 0 saturated carbocycles. The lowest BCUT2D eigenvalue weighted by Gasteiger charge is -2.52. The first kappa shape index (κ1) is 22.0. The highest BCUT2D eigenvalue weighted by Crippen LogP contribution is 2.43. The molecule has 1 aromatic rings. The van der Waals surface area contributed by atoms with Crippen LogP contribution in [0.1, 0.15) is 53.4 Å². The summed E-state index contributed by atoms with van der Waals surface area (Å²) in [6, 6.07) is -1.44. The van der Waals surface area contributed by atoms with Crippen molar-refractivity contribution in [2.75, 3.05) is 6.54 Å². The lowest BCUT2D eigenvalue weighted by Crippen LogP contribution is -2.75. The molecule has 2 aliphatic heterocycles. The van der Waals surface area contributed by atoms with Crippen molar-refractivity contribution in [1.82, 2.24) is 25.3 Å². The number of nitrogens with zero attached hydrogens (tertiary/aromatic N) is 4. The van der Waals surface area contributed by atoms with Gasteiger partial charge in [-0.25, -0.2) is 4.79 Å². The highest BCUT2D eigenvalue weighted by atomic mass is 16.6. The third kappa shape index (κ3) is 4.11. The van der Waals surface area contributed by atoms with E-state index in [1.807, 2.05) is 6.92 Å². The lowest BCUT2D eigenvalue weighted by molar-refractivity contribution is -0.172. The van der Waals surface area contributed by atoms with Gasteiger partial charge in [0.2, 0.25) is 11.8 Å². The quantitative estimate of drug-likeness (QED) is 0.651. The number of ether oxygens (including phenoxy) is 1. The zero-order chi connectivity index (χ0) is 22.3. The van der Waals surface area contributed by atoms with Gasteiger partial charge in [-0.1, -0.05) is 5.16 Å². The fourth-order valence-corrected chi connectivity index (χ4v) is 4.10. The number of rotatable bonds is 5. The Kier molecular flexibility index (Phi) is 5.76. The number of hydrogen-bond acceptors (Lipinski definition) is 8. The van der Waals surface area contributed by atoms with E-state index in [2.05, 4.69) is 15.5 Å². The van der Waals surface area contributed by atoms with Gasteiger partial charge in [-0.3, -0.25) is 9.59 Å². The Balaban J connectivity index is 1.75. The summed E-state index contributed by atoms with van der Waals surface area (Å²) in [4.78, 5) is 45.6. The first-order chi connectivity index (χ1) is 13.9. The van der Waals surface area contributed by atoms with Crippen LogP contribution in [0.4, 0.5) is 4.79 Å². The third-order valence-corrected chi connectivity index (χ3v) is 5.41. The Labute approximate surface area is 174 Å². The number of aliphatic hydroxyl groups is 1. The minimum absolute atomic E-state index is 0.174. The van der Waals surface area contributed by atoms with Crippen LogP contribution in [0.15, 0.2) is 10.9 Å². The van der Waals surface area contributed by atoms with Crippen molar-refractivity contribution in [2.45, 2.75) is 83.3 Å². The Morgan fingerprint density at radius 3 is 2.70 bits per heavy atom. The number of amides is 3. The van der Waals surface area contributed by atoms with Crippen molar-refractivity contribution in [3.63, 3.8) is 0 Å². The molecule has 0 bridgehead atoms. The molecular formula is C19H29N5O6. The van der Waals surface area contributed by atoms with E-state index in [1.165, 1.54) is 18.2 Å². The summed E-state index contributed by atoms with van der Waals surface area (Å²) in [5.74, 6) is -0.401. The van der Waals surface area contributed by atoms with E-state index in [0.29, 0.717) is 25.3 Å². The van der Waals surface area contributed by atoms with Crippen LogP contribution in [-0.4, -0.2) is 78.8 Å². The fraction of sp³-hybridized carbons (Fsp3) is 0.737. The van der Waals surface area contributed by atoms with Gasteiger partial charge in [-0.05, 0) is 47.5 Å². The second-order valence-electron chi connectivity index (χ2n) is 8.99. The van der Waals surface area contributed by atoms with Crippen molar-refractivity contribution < 1.29 is 28.8 Å². The molecule has 4 unspecified atom stereocenters. The van der Waals surface area contributed by atoms with Gasteiger partial charge >= 0.3 is 6.09 Å². The molecule has 11 nitrogen and oxygen atoms in total. The SMILES string of the molecule is CC(O)C(NC(=O)OC(C)(C)C)C(=O)N1C(C)CCC12CN(Cc1ncno1)C2=O. The van der Waals surface area contributed by atoms with Gasteiger partial charge in [0.05, 0.1) is 12.6 Å². The van der Waals surface area contributed by atoms with Gasteiger partial charge in [0, 0.05) is 6.04 Å². The molecule has 1 spiro atoms. The monoisotopic (exact) mass is 423 g/mol. The first-order valence-electron chi connectivity index (χ1n) is 10.0. The minimum Gasteiger partial charge on any atom is -0.444 e. The lowest BCUT2D eigenvalue weighted by atomic mass is 9.85. The van der Waals surface area contributed by atoms with Crippen molar-refractivity contribution >= 4 is 17.9 Å². The number of nitrogens with one attached hydrogen (secondary N) is 1. The van der Waals surface area contributed by atoms with Crippen molar-refractivity contribution in [1.29, 1.82) is 0 Å². The van der Waals surface area contributed by atoms with Gasteiger partial charge < -0.3 is 29.5 Å². The smallest absolute Gasteiger partial charge is 0.408 e. The zero-order valence-corrected chi connectivity index (χ0v) is 17.9. The standard InChI is InChI=1S/C19H29N5O6/c1-11-6-7-19(9-23(16(19)27)8-13-20-10-21-30-13)24(11)15(26)14(12(2)25)22-17(28)29-18(3,4)5/h10-12,14,25H,6-9H2,1-5H3,(H,22,28). The summed E-state index contributed by atoms with van der Waals surface area (Å²) in [6.07, 6.45) is 0.446. The summed E-state index contributed by atoms with van der Waals surface area (Å²) in [7, 11) is 0. The largest absolute Gasteiger partial charge is 0.444 e. The molecule has 166 valence electrons. The maximum atomic E-state index is 13.4. The summed E-state index contributed by atoms with van der Waals surface area (Å²) >= 11 is 0. The molecule has 3 rings (SSSR count). The highest BCUT2D eigenvalue weighted by molar-refractivity contribution is 5.99. The first-order valence-corrected chi connectivity index (χ1v) is 10.0. The second kappa shape index (κ2) is 7.86. The number of β-lactam (4-membered cyclic amide) rings is 1. The average molecular weight is 423 g/mol. The second-order valence-corrected chi connectivity index (χ2v) is 8.99. The Hall–Kier alpha value is -2.69. The Morgan fingerprint density at radius 1 is 1.47 bits per heavy atom. The van der Waals surface area contributed by atoms with E-state index in [0.717, 1.165) is 0 Å². The van der Waals surface area contributed by atoms with Crippen LogP contribution < -0.4 is 5.32 Å². The molecule has 2 fully saturated rings. The summed E-state index contributed by atoms with van der Waals surface area (Å²) in [5.41, 5.74) is -1.74. The predicted molar refractivity (Wildman–Crippen MR) is 103 cm³/mol. The van der Waals surface area contributed by atoms with E-state index in [4.69, 9.17) is 9.26 Å². The number of aromatic nitrogens is 2. The normalized spacial score (nSPS) is 25.8. The Bertz CT molecular complexity index is 805. The number of alkyl carbamates (subject to hydrolysis) is 1. The van der Waals surface area contributed by atoms with Crippen LogP contribution >= 0.6 is 0 Å². The molecule has 11 heteroatoms. The predicted octanol–water partition coefficient (Wildman–Crippen LogP) is 0.436. The van der Waals surface area contributed by atoms with Gasteiger partial charge in [0.1, 0.15) is 23.7 Å². The van der Waals surface area contributed by atoms with Gasteiger partial charge in [0.25, 0.3) is 5.91 Å². The number of likely N-dealkylation sites (tertiary alicyclic amines) is 2. The molecule has 1 aromatic heterocycles. The maximum absolute atomic E-state index is 13.4. The van der Waals surface area contributed by atoms with Crippen LogP contribution in [-0.2, 0) is 20.9 Å². The van der Waals surface area contributed by atoms with Crippen LogP contribution in [0.2, 0.25) is 0 Å². The summed E-state index contributed by atoms with van der Waals surface area (Å²) in [6.45, 7) is 8.87. The fourth-order valence-electron chi connectivity index (χ4n) is 4.10. The molecule has 0 radical (unpaired) electrons. The third-order valence-electron chi connectivity index (χ3n) is 5.41. The molecule has 3 amide bonds. The number of aliphatic hydroxyl groups excluding tert-OH is 1. The molecular weight excluding hydrogens is 394 g/mol. The average Bonchev–Trinajstić information content (AvgIpc) is 3.26. The molecule has 2 aliphatic rings. The van der Waals surface area contributed by atoms with E-state index >= 15 is 0 Å². The molecule has 0 aliphatic carbocycles. The van der Waals surface area contributed by atoms with Crippen molar-refractivity contribution in [2.24, 2.45) is 0 Å². The van der Waals surface area contributed by atoms with Crippen LogP contribution in [0.5, 0.6) is 0 Å². The molecule has 3 heterocycles. The van der Waals surface area contributed by atoms with Gasteiger partial charge in [-0.15, -0.1) is 0 Å². The molecule has 4 atom stereocenters. The zero-order valence-electron chi connectivity index (χ0n) is 17.9. The topological polar surface area (TPSA) is 138 Å². The molecule has 2 N–H and O–H groups in total. The van der Waals surface area contributed by atoms with Crippen LogP contribution in [0.3, 0.4) is 0 Å². The minimum atomic E-state index is -1.23. The molecule has 2 saturated heterocycles. The summed E-state index contributed by atoms with van der Waals surface area (Å²) in [5, 5.41) is 16.2. The van der Waals surface area contributed by atoms with E-state index in [1.54, 1.807) is 25.7 Å². The van der Waals surface area contributed by atoms with E-state index in [-0.39, 0.29) is 18.5 Å². The number of carbonyl (C=O) groups is 3. The van der Waals surface area contributed by atoms with Crippen molar-refractivity contribution in [3.8, 4) is 0 Å². The molecule has 0 aromatic carbocycles. The number of carbonyl (C=O) groups excluding carboxylic acids is 3. The maximum Gasteiger partial charge on any atom is 0.408 e. The summed E-state index contributed by atoms with van der Waals surface area (Å²) < 4.78 is 10.2. The van der Waals surface area contributed by atoms with Gasteiger partial charge in [0.15, 0.2) is 6.33 Å². The van der Waals surface area contributed by atoms with Crippen LogP contribution in [0, 0.1) is 0 Å². The van der Waals surface area contributed by atoms with Crippen molar-refractivity contribution in [3.05, 3.63) is 12.2 Å². The number of hydrogen-bond donors (Lipinski definition) is 2. The van der Waals surface area contributed by atoms with Gasteiger partial charge in [-0.2, -0.15) is 4.98 Å². The highest BCUT2D eigenvalue weighted by Gasteiger charge is 2.62. The van der Waals surface area contributed by atoms with E-state index < -0.39 is 35.3 Å². The molecule has 30 heavy (non-hydrogen) atoms. The van der Waals surface area contributed by atoms with Crippen LogP contribution in [0.25, 0.3) is 0 Å².